The first-order valence-corrected chi connectivity index (χ1v) is 6.45. The van der Waals surface area contributed by atoms with Crippen molar-refractivity contribution in [2.75, 3.05) is 0 Å². The minimum absolute atomic E-state index is 0.106. The summed E-state index contributed by atoms with van der Waals surface area (Å²) in [6.45, 7) is 0.106. The van der Waals surface area contributed by atoms with E-state index in [1.54, 1.807) is 0 Å². The molecule has 4 N–H and O–H groups in total. The lowest BCUT2D eigenvalue weighted by Gasteiger charge is -2.11. The van der Waals surface area contributed by atoms with Crippen molar-refractivity contribution in [1.29, 1.82) is 0 Å². The highest BCUT2D eigenvalue weighted by atomic mass is 16.4. The lowest BCUT2D eigenvalue weighted by molar-refractivity contribution is -0.122. The second-order valence-electron chi connectivity index (χ2n) is 4.59. The molecule has 0 aliphatic heterocycles. The molecule has 1 aromatic heterocycles. The largest absolute Gasteiger partial charge is 0.475 e. The molecule has 0 saturated heterocycles. The zero-order valence-corrected chi connectivity index (χ0v) is 11.3. The number of carboxylic acids is 1. The molecule has 0 fully saturated rings. The molecular weight excluding hydrogens is 272 g/mol. The molecule has 1 atom stereocenters. The Kier molecular flexibility index (Phi) is 4.73. The van der Waals surface area contributed by atoms with Gasteiger partial charge in [0.25, 0.3) is 0 Å². The molecule has 2 aromatic rings. The van der Waals surface area contributed by atoms with E-state index in [0.29, 0.717) is 12.2 Å². The molecule has 21 heavy (non-hydrogen) atoms. The second kappa shape index (κ2) is 6.71. The molecule has 110 valence electrons. The molecule has 2 rings (SSSR count). The molecule has 0 aliphatic rings. The quantitative estimate of drug-likeness (QED) is 0.739. The fraction of sp³-hybridized carbons (Fsp3) is 0.200. The van der Waals surface area contributed by atoms with E-state index in [1.807, 2.05) is 30.3 Å². The maximum absolute atomic E-state index is 11.9. The van der Waals surface area contributed by atoms with E-state index >= 15 is 0 Å². The van der Waals surface area contributed by atoms with E-state index in [9.17, 15) is 9.59 Å². The van der Waals surface area contributed by atoms with E-state index < -0.39 is 12.0 Å². The Morgan fingerprint density at radius 1 is 1.19 bits per heavy atom. The van der Waals surface area contributed by atoms with Crippen molar-refractivity contribution in [3.8, 4) is 0 Å². The number of amides is 1. The number of nitrogens with two attached hydrogens (primary N) is 1. The van der Waals surface area contributed by atoms with Gasteiger partial charge in [0.05, 0.1) is 12.6 Å². The zero-order valence-electron chi connectivity index (χ0n) is 11.3. The normalized spacial score (nSPS) is 11.9. The van der Waals surface area contributed by atoms with Crippen LogP contribution in [-0.4, -0.2) is 23.0 Å². The summed E-state index contributed by atoms with van der Waals surface area (Å²) in [4.78, 5) is 22.5. The molecule has 0 saturated carbocycles. The number of hydrogen-bond acceptors (Lipinski definition) is 4. The lowest BCUT2D eigenvalue weighted by Crippen LogP contribution is -2.41. The van der Waals surface area contributed by atoms with Crippen LogP contribution in [0.3, 0.4) is 0 Å². The number of benzene rings is 1. The van der Waals surface area contributed by atoms with Gasteiger partial charge >= 0.3 is 5.97 Å². The molecule has 1 aromatic carbocycles. The number of carbonyl (C=O) groups is 2. The Labute approximate surface area is 121 Å². The topological polar surface area (TPSA) is 106 Å². The van der Waals surface area contributed by atoms with Gasteiger partial charge < -0.3 is 20.6 Å². The summed E-state index contributed by atoms with van der Waals surface area (Å²) in [6, 6.07) is 11.7. The lowest BCUT2D eigenvalue weighted by atomic mass is 10.1. The van der Waals surface area contributed by atoms with Crippen molar-refractivity contribution >= 4 is 11.9 Å². The van der Waals surface area contributed by atoms with E-state index in [2.05, 4.69) is 5.32 Å². The molecule has 6 nitrogen and oxygen atoms in total. The smallest absolute Gasteiger partial charge is 0.371 e. The zero-order chi connectivity index (χ0) is 15.2. The van der Waals surface area contributed by atoms with Crippen molar-refractivity contribution in [2.24, 2.45) is 5.73 Å². The molecule has 6 heteroatoms. The van der Waals surface area contributed by atoms with Gasteiger partial charge in [0.15, 0.2) is 0 Å². The maximum atomic E-state index is 11.9. The predicted octanol–water partition coefficient (Wildman–Crippen LogP) is 1.16. The fourth-order valence-corrected chi connectivity index (χ4v) is 1.85. The summed E-state index contributed by atoms with van der Waals surface area (Å²) in [5, 5.41) is 11.3. The monoisotopic (exact) mass is 288 g/mol. The van der Waals surface area contributed by atoms with Crippen molar-refractivity contribution in [3.05, 3.63) is 59.5 Å². The van der Waals surface area contributed by atoms with E-state index in [1.165, 1.54) is 12.1 Å². The highest BCUT2D eigenvalue weighted by Crippen LogP contribution is 2.08. The summed E-state index contributed by atoms with van der Waals surface area (Å²) in [7, 11) is 0. The summed E-state index contributed by atoms with van der Waals surface area (Å²) in [5.41, 5.74) is 6.81. The van der Waals surface area contributed by atoms with Gasteiger partial charge in [0.2, 0.25) is 11.7 Å². The third kappa shape index (κ3) is 4.19. The van der Waals surface area contributed by atoms with Gasteiger partial charge in [0, 0.05) is 0 Å². The molecule has 0 aliphatic carbocycles. The first kappa shape index (κ1) is 14.8. The van der Waals surface area contributed by atoms with Gasteiger partial charge in [-0.05, 0) is 24.1 Å². The van der Waals surface area contributed by atoms with Crippen molar-refractivity contribution in [3.63, 3.8) is 0 Å². The van der Waals surface area contributed by atoms with Gasteiger partial charge in [-0.2, -0.15) is 0 Å². The van der Waals surface area contributed by atoms with Crippen LogP contribution < -0.4 is 11.1 Å². The number of furan rings is 1. The number of carboxylic acid groups (broad SMARTS) is 1. The Morgan fingerprint density at radius 3 is 2.52 bits per heavy atom. The van der Waals surface area contributed by atoms with E-state index in [4.69, 9.17) is 15.3 Å². The Bertz CT molecular complexity index is 622. The van der Waals surface area contributed by atoms with Gasteiger partial charge in [-0.1, -0.05) is 30.3 Å². The minimum atomic E-state index is -1.15. The third-order valence-corrected chi connectivity index (χ3v) is 2.94. The van der Waals surface area contributed by atoms with Crippen molar-refractivity contribution in [1.82, 2.24) is 5.32 Å². The average molecular weight is 288 g/mol. The first-order chi connectivity index (χ1) is 10.1. The molecule has 0 unspecified atom stereocenters. The van der Waals surface area contributed by atoms with Crippen LogP contribution >= 0.6 is 0 Å². The molecule has 0 radical (unpaired) electrons. The van der Waals surface area contributed by atoms with E-state index in [0.717, 1.165) is 5.56 Å². The van der Waals surface area contributed by atoms with Crippen LogP contribution in [0.4, 0.5) is 0 Å². The highest BCUT2D eigenvalue weighted by molar-refractivity contribution is 5.84. The van der Waals surface area contributed by atoms with Crippen LogP contribution in [0.5, 0.6) is 0 Å². The van der Waals surface area contributed by atoms with Crippen LogP contribution in [0.25, 0.3) is 0 Å². The van der Waals surface area contributed by atoms with E-state index in [-0.39, 0.29) is 18.2 Å². The predicted molar refractivity (Wildman–Crippen MR) is 75.6 cm³/mol. The van der Waals surface area contributed by atoms with Crippen LogP contribution in [0.1, 0.15) is 21.9 Å². The van der Waals surface area contributed by atoms with Crippen molar-refractivity contribution < 1.29 is 19.1 Å². The number of carbonyl (C=O) groups excluding carboxylic acids is 1. The SMILES string of the molecule is N[C@@H](Cc1ccccc1)C(=O)NCc1ccc(C(=O)O)o1. The molecule has 0 bridgehead atoms. The van der Waals surface area contributed by atoms with Crippen LogP contribution in [0, 0.1) is 0 Å². The van der Waals surface area contributed by atoms with Crippen molar-refractivity contribution in [2.45, 2.75) is 19.0 Å². The fourth-order valence-electron chi connectivity index (χ4n) is 1.85. The minimum Gasteiger partial charge on any atom is -0.475 e. The van der Waals surface area contributed by atoms with Gasteiger partial charge in [0.1, 0.15) is 5.76 Å². The number of nitrogens with one attached hydrogen (secondary N) is 1. The Hall–Kier alpha value is -2.60. The van der Waals surface area contributed by atoms with Gasteiger partial charge in [-0.25, -0.2) is 4.79 Å². The second-order valence-corrected chi connectivity index (χ2v) is 4.59. The molecular formula is C15H16N2O4. The molecule has 1 heterocycles. The Morgan fingerprint density at radius 2 is 1.90 bits per heavy atom. The Balaban J connectivity index is 1.84. The highest BCUT2D eigenvalue weighted by Gasteiger charge is 2.15. The van der Waals surface area contributed by atoms with Crippen LogP contribution in [0.2, 0.25) is 0 Å². The number of aromatic carboxylic acids is 1. The van der Waals surface area contributed by atoms with Gasteiger partial charge in [-0.3, -0.25) is 4.79 Å². The summed E-state index contributed by atoms with van der Waals surface area (Å²) >= 11 is 0. The average Bonchev–Trinajstić information content (AvgIpc) is 2.95. The summed E-state index contributed by atoms with van der Waals surface area (Å²) in [5.74, 6) is -1.25. The maximum Gasteiger partial charge on any atom is 0.371 e. The summed E-state index contributed by atoms with van der Waals surface area (Å²) in [6.07, 6.45) is 0.436. The first-order valence-electron chi connectivity index (χ1n) is 6.45. The van der Waals surface area contributed by atoms with Crippen LogP contribution in [-0.2, 0) is 17.8 Å². The third-order valence-electron chi connectivity index (χ3n) is 2.94. The van der Waals surface area contributed by atoms with Gasteiger partial charge in [-0.15, -0.1) is 0 Å². The number of hydrogen-bond donors (Lipinski definition) is 3. The summed E-state index contributed by atoms with van der Waals surface area (Å²) < 4.78 is 5.04. The molecule has 1 amide bonds. The number of rotatable bonds is 6. The van der Waals surface area contributed by atoms with Crippen LogP contribution in [0.15, 0.2) is 46.9 Å². The molecule has 0 spiro atoms. The standard InChI is InChI=1S/C15H16N2O4/c16-12(8-10-4-2-1-3-5-10)14(18)17-9-11-6-7-13(21-11)15(19)20/h1-7,12H,8-9,16H2,(H,17,18)(H,19,20)/t12-/m0/s1.